The molecule has 1 aliphatic rings. The van der Waals surface area contributed by atoms with E-state index < -0.39 is 6.17 Å². The summed E-state index contributed by atoms with van der Waals surface area (Å²) < 4.78 is 14.3. The van der Waals surface area contributed by atoms with Crippen molar-refractivity contribution in [2.45, 2.75) is 19.0 Å². The number of fused-ring (bicyclic) bond motifs is 1. The van der Waals surface area contributed by atoms with E-state index in [1.54, 1.807) is 11.3 Å². The molecule has 0 spiro atoms. The van der Waals surface area contributed by atoms with Crippen molar-refractivity contribution in [3.8, 4) is 0 Å². The maximum Gasteiger partial charge on any atom is 0.132 e. The molecule has 0 saturated heterocycles. The molecule has 0 bridgehead atoms. The van der Waals surface area contributed by atoms with Crippen LogP contribution in [0.1, 0.15) is 22.2 Å². The summed E-state index contributed by atoms with van der Waals surface area (Å²) in [6, 6.07) is 9.91. The molecule has 0 saturated carbocycles. The number of hydrogen-bond acceptors (Lipinski definition) is 2. The number of nitrogens with one attached hydrogen (secondary N) is 1. The number of para-hydroxylation sites is 1. The number of alkyl halides is 1. The van der Waals surface area contributed by atoms with Crippen LogP contribution in [0, 0.1) is 0 Å². The largest absolute Gasteiger partial charge is 0.384 e. The molecule has 0 fully saturated rings. The molecule has 2 aromatic rings. The summed E-state index contributed by atoms with van der Waals surface area (Å²) in [5.74, 6) is 0. The van der Waals surface area contributed by atoms with Crippen LogP contribution >= 0.6 is 11.3 Å². The molecule has 1 atom stereocenters. The lowest BCUT2D eigenvalue weighted by Crippen LogP contribution is -2.01. The number of hydrogen-bond donors (Lipinski definition) is 1. The number of benzene rings is 1. The van der Waals surface area contributed by atoms with Gasteiger partial charge in [-0.1, -0.05) is 24.3 Å². The van der Waals surface area contributed by atoms with Crippen LogP contribution in [0.2, 0.25) is 0 Å². The Hall–Kier alpha value is -1.35. The minimum absolute atomic E-state index is 0.482. The van der Waals surface area contributed by atoms with Crippen molar-refractivity contribution in [1.82, 2.24) is 0 Å². The van der Waals surface area contributed by atoms with Crippen LogP contribution in [0.25, 0.3) is 0 Å². The van der Waals surface area contributed by atoms with Crippen LogP contribution in [0.3, 0.4) is 0 Å². The number of thiophene rings is 1. The van der Waals surface area contributed by atoms with E-state index in [-0.39, 0.29) is 0 Å². The Morgan fingerprint density at radius 2 is 2.24 bits per heavy atom. The van der Waals surface area contributed by atoms with Crippen LogP contribution in [-0.4, -0.2) is 6.54 Å². The fraction of sp³-hybridized carbons (Fsp3) is 0.286. The summed E-state index contributed by atoms with van der Waals surface area (Å²) in [7, 11) is 0. The van der Waals surface area contributed by atoms with Crippen molar-refractivity contribution in [2.24, 2.45) is 0 Å². The van der Waals surface area contributed by atoms with E-state index in [1.807, 2.05) is 29.6 Å². The van der Waals surface area contributed by atoms with Crippen LogP contribution in [-0.2, 0) is 12.8 Å². The van der Waals surface area contributed by atoms with Crippen LogP contribution in [0.5, 0.6) is 0 Å². The fourth-order valence-corrected chi connectivity index (χ4v) is 3.07. The zero-order valence-electron chi connectivity index (χ0n) is 9.45. The SMILES string of the molecule is FC(Cc1cccs1)c1cccc2c1NCC2. The molecule has 1 aromatic carbocycles. The first-order valence-corrected chi connectivity index (χ1v) is 6.74. The summed E-state index contributed by atoms with van der Waals surface area (Å²) in [5, 5.41) is 5.29. The Balaban J connectivity index is 1.86. The highest BCUT2D eigenvalue weighted by Gasteiger charge is 2.20. The van der Waals surface area contributed by atoms with Crippen molar-refractivity contribution < 1.29 is 4.39 Å². The lowest BCUT2D eigenvalue weighted by molar-refractivity contribution is 0.345. The monoisotopic (exact) mass is 247 g/mol. The van der Waals surface area contributed by atoms with Gasteiger partial charge in [-0.25, -0.2) is 4.39 Å². The van der Waals surface area contributed by atoms with Gasteiger partial charge in [-0.3, -0.25) is 0 Å². The molecular formula is C14H14FNS. The molecule has 0 aliphatic carbocycles. The minimum atomic E-state index is -0.908. The van der Waals surface area contributed by atoms with Gasteiger partial charge in [0.25, 0.3) is 0 Å². The van der Waals surface area contributed by atoms with Gasteiger partial charge in [0.2, 0.25) is 0 Å². The van der Waals surface area contributed by atoms with Crippen molar-refractivity contribution in [3.05, 3.63) is 51.7 Å². The number of anilines is 1. The highest BCUT2D eigenvalue weighted by atomic mass is 32.1. The molecule has 1 N–H and O–H groups in total. The van der Waals surface area contributed by atoms with Crippen LogP contribution < -0.4 is 5.32 Å². The average Bonchev–Trinajstić information content (AvgIpc) is 2.97. The van der Waals surface area contributed by atoms with Gasteiger partial charge >= 0.3 is 0 Å². The lowest BCUT2D eigenvalue weighted by atomic mass is 10.0. The Kier molecular flexibility index (Phi) is 2.85. The van der Waals surface area contributed by atoms with Crippen molar-refractivity contribution in [1.29, 1.82) is 0 Å². The van der Waals surface area contributed by atoms with E-state index in [9.17, 15) is 4.39 Å². The van der Waals surface area contributed by atoms with Gasteiger partial charge < -0.3 is 5.32 Å². The predicted octanol–water partition coefficient (Wildman–Crippen LogP) is 3.97. The van der Waals surface area contributed by atoms with E-state index in [4.69, 9.17) is 0 Å². The summed E-state index contributed by atoms with van der Waals surface area (Å²) in [6.07, 6.45) is 0.583. The third-order valence-corrected chi connectivity index (χ3v) is 4.08. The minimum Gasteiger partial charge on any atom is -0.384 e. The quantitative estimate of drug-likeness (QED) is 0.865. The summed E-state index contributed by atoms with van der Waals surface area (Å²) in [6.45, 7) is 0.929. The van der Waals surface area contributed by atoms with Gasteiger partial charge in [-0.05, 0) is 23.4 Å². The molecule has 88 valence electrons. The first-order valence-electron chi connectivity index (χ1n) is 5.86. The third kappa shape index (κ3) is 2.07. The molecule has 1 aliphatic heterocycles. The van der Waals surface area contributed by atoms with E-state index in [2.05, 4.69) is 11.4 Å². The molecule has 0 amide bonds. The van der Waals surface area contributed by atoms with Gasteiger partial charge in [0.1, 0.15) is 6.17 Å². The molecule has 1 aromatic heterocycles. The van der Waals surface area contributed by atoms with E-state index >= 15 is 0 Å². The summed E-state index contributed by atoms with van der Waals surface area (Å²) >= 11 is 1.62. The smallest absolute Gasteiger partial charge is 0.132 e. The fourth-order valence-electron chi connectivity index (χ4n) is 2.34. The highest BCUT2D eigenvalue weighted by Crippen LogP contribution is 2.34. The Bertz CT molecular complexity index is 507. The standard InChI is InChI=1S/C14H14FNS/c15-13(9-11-4-2-8-17-11)12-5-1-3-10-6-7-16-14(10)12/h1-5,8,13,16H,6-7,9H2. The van der Waals surface area contributed by atoms with Crippen molar-refractivity contribution in [3.63, 3.8) is 0 Å². The molecule has 1 unspecified atom stereocenters. The third-order valence-electron chi connectivity index (χ3n) is 3.18. The Morgan fingerprint density at radius 3 is 3.06 bits per heavy atom. The lowest BCUT2D eigenvalue weighted by Gasteiger charge is -2.12. The second-order valence-corrected chi connectivity index (χ2v) is 5.34. The first-order chi connectivity index (χ1) is 8.34. The topological polar surface area (TPSA) is 12.0 Å². The molecule has 3 rings (SSSR count). The van der Waals surface area contributed by atoms with Crippen molar-refractivity contribution in [2.75, 3.05) is 11.9 Å². The molecule has 3 heteroatoms. The second kappa shape index (κ2) is 4.49. The van der Waals surface area contributed by atoms with Gasteiger partial charge in [-0.15, -0.1) is 11.3 Å². The number of halogens is 1. The van der Waals surface area contributed by atoms with Crippen molar-refractivity contribution >= 4 is 17.0 Å². The Morgan fingerprint density at radius 1 is 1.29 bits per heavy atom. The van der Waals surface area contributed by atoms with Gasteiger partial charge in [0, 0.05) is 29.1 Å². The van der Waals surface area contributed by atoms with Crippen LogP contribution in [0.4, 0.5) is 10.1 Å². The second-order valence-electron chi connectivity index (χ2n) is 4.31. The van der Waals surface area contributed by atoms with Crippen LogP contribution in [0.15, 0.2) is 35.7 Å². The van der Waals surface area contributed by atoms with E-state index in [1.165, 1.54) is 5.56 Å². The summed E-state index contributed by atoms with van der Waals surface area (Å²) in [4.78, 5) is 1.10. The maximum atomic E-state index is 14.3. The molecule has 0 radical (unpaired) electrons. The van der Waals surface area contributed by atoms with Gasteiger partial charge in [0.05, 0.1) is 0 Å². The highest BCUT2D eigenvalue weighted by molar-refractivity contribution is 7.09. The normalized spacial score (nSPS) is 15.4. The first kappa shape index (κ1) is 10.8. The molecule has 2 heterocycles. The number of rotatable bonds is 3. The van der Waals surface area contributed by atoms with Gasteiger partial charge in [-0.2, -0.15) is 0 Å². The summed E-state index contributed by atoms with van der Waals surface area (Å²) in [5.41, 5.74) is 3.08. The average molecular weight is 247 g/mol. The van der Waals surface area contributed by atoms with E-state index in [0.717, 1.165) is 29.1 Å². The Labute approximate surface area is 104 Å². The molecular weight excluding hydrogens is 233 g/mol. The molecule has 17 heavy (non-hydrogen) atoms. The molecule has 1 nitrogen and oxygen atoms in total. The maximum absolute atomic E-state index is 14.3. The predicted molar refractivity (Wildman–Crippen MR) is 70.5 cm³/mol. The zero-order valence-corrected chi connectivity index (χ0v) is 10.3. The van der Waals surface area contributed by atoms with E-state index in [0.29, 0.717) is 6.42 Å². The van der Waals surface area contributed by atoms with Gasteiger partial charge in [0.15, 0.2) is 0 Å². The zero-order chi connectivity index (χ0) is 11.7.